The van der Waals surface area contributed by atoms with E-state index in [0.717, 1.165) is 42.9 Å². The number of aliphatic carboxylic acids is 1. The Kier molecular flexibility index (Phi) is 7.45. The molecule has 10 nitrogen and oxygen atoms in total. The third kappa shape index (κ3) is 5.73. The normalized spacial score (nSPS) is 17.6. The first-order valence-electron chi connectivity index (χ1n) is 14.7. The van der Waals surface area contributed by atoms with Crippen molar-refractivity contribution in [2.24, 2.45) is 0 Å². The molecule has 0 saturated carbocycles. The van der Waals surface area contributed by atoms with Crippen LogP contribution in [0.3, 0.4) is 0 Å². The van der Waals surface area contributed by atoms with Gasteiger partial charge in [-0.05, 0) is 62.4 Å². The second kappa shape index (κ2) is 11.1. The van der Waals surface area contributed by atoms with E-state index in [4.69, 9.17) is 4.74 Å². The van der Waals surface area contributed by atoms with Crippen molar-refractivity contribution in [1.82, 2.24) is 24.3 Å². The molecule has 2 amide bonds. The number of carbonyl (C=O) groups is 3. The number of amides is 2. The van der Waals surface area contributed by atoms with Crippen LogP contribution in [0.5, 0.6) is 0 Å². The van der Waals surface area contributed by atoms with Gasteiger partial charge < -0.3 is 24.2 Å². The topological polar surface area (TPSA) is 108 Å². The number of hydrogen-bond donors (Lipinski definition) is 1. The highest BCUT2D eigenvalue weighted by Gasteiger charge is 2.42. The van der Waals surface area contributed by atoms with E-state index in [1.807, 2.05) is 49.6 Å². The van der Waals surface area contributed by atoms with E-state index in [9.17, 15) is 19.5 Å². The SMILES string of the molecule is CC(C)(C)OC(=O)N1CCN(Cc2ccc(-c3cc(F)c4c(c3)C(=O)N(C(C(=O)O)c3ncn5c3CCC5)C4)cc2)CC1. The standard InChI is InChI=1S/C32H36FN5O5/c1-32(2,3)43-31(42)36-13-11-35(12-14-36)17-20-6-8-21(9-7-20)22-15-23-24(25(33)16-22)18-38(29(23)39)28(30(40)41)27-26-5-4-10-37(26)19-34-27/h6-9,15-16,19,28H,4-5,10-14,17-18H2,1-3H3,(H,40,41). The molecule has 226 valence electrons. The van der Waals surface area contributed by atoms with Crippen LogP contribution in [0, 0.1) is 5.82 Å². The van der Waals surface area contributed by atoms with Crippen molar-refractivity contribution < 1.29 is 28.6 Å². The second-order valence-electron chi connectivity index (χ2n) is 12.5. The summed E-state index contributed by atoms with van der Waals surface area (Å²) in [5.41, 5.74) is 3.44. The van der Waals surface area contributed by atoms with Gasteiger partial charge in [0.2, 0.25) is 0 Å². The minimum atomic E-state index is -1.28. The van der Waals surface area contributed by atoms with E-state index < -0.39 is 29.3 Å². The Morgan fingerprint density at radius 1 is 1.05 bits per heavy atom. The molecule has 11 heteroatoms. The van der Waals surface area contributed by atoms with Gasteiger partial charge in [0.05, 0.1) is 18.6 Å². The number of carbonyl (C=O) groups excluding carboxylic acids is 2. The Labute approximate surface area is 249 Å². The Morgan fingerprint density at radius 3 is 2.44 bits per heavy atom. The lowest BCUT2D eigenvalue weighted by molar-refractivity contribution is -0.142. The molecule has 1 atom stereocenters. The number of carboxylic acids is 1. The molecular weight excluding hydrogens is 553 g/mol. The molecule has 1 unspecified atom stereocenters. The highest BCUT2D eigenvalue weighted by molar-refractivity contribution is 6.01. The quantitative estimate of drug-likeness (QED) is 0.452. The van der Waals surface area contributed by atoms with Gasteiger partial charge in [-0.1, -0.05) is 24.3 Å². The maximum absolute atomic E-state index is 15.4. The number of hydrogen-bond acceptors (Lipinski definition) is 6. The van der Waals surface area contributed by atoms with E-state index in [0.29, 0.717) is 37.3 Å². The summed E-state index contributed by atoms with van der Waals surface area (Å²) in [4.78, 5) is 47.8. The van der Waals surface area contributed by atoms with Crippen molar-refractivity contribution >= 4 is 18.0 Å². The highest BCUT2D eigenvalue weighted by atomic mass is 19.1. The zero-order valence-electron chi connectivity index (χ0n) is 24.7. The fourth-order valence-electron chi connectivity index (χ4n) is 6.17. The first kappa shape index (κ1) is 28.9. The van der Waals surface area contributed by atoms with Gasteiger partial charge in [-0.2, -0.15) is 0 Å². The number of benzene rings is 2. The monoisotopic (exact) mass is 589 g/mol. The number of nitrogens with zero attached hydrogens (tertiary/aromatic N) is 5. The smallest absolute Gasteiger partial charge is 0.410 e. The van der Waals surface area contributed by atoms with Gasteiger partial charge >= 0.3 is 12.1 Å². The summed E-state index contributed by atoms with van der Waals surface area (Å²) in [5, 5.41) is 10.1. The van der Waals surface area contributed by atoms with Gasteiger partial charge in [0.1, 0.15) is 11.4 Å². The number of carboxylic acid groups (broad SMARTS) is 1. The van der Waals surface area contributed by atoms with Gasteiger partial charge in [-0.3, -0.25) is 9.69 Å². The highest BCUT2D eigenvalue weighted by Crippen LogP contribution is 2.37. The number of imidazole rings is 1. The molecule has 3 aliphatic rings. The molecule has 4 heterocycles. The Morgan fingerprint density at radius 2 is 1.77 bits per heavy atom. The fraction of sp³-hybridized carbons (Fsp3) is 0.438. The van der Waals surface area contributed by atoms with Crippen molar-refractivity contribution in [3.8, 4) is 11.1 Å². The molecule has 0 spiro atoms. The van der Waals surface area contributed by atoms with Crippen molar-refractivity contribution in [3.63, 3.8) is 0 Å². The largest absolute Gasteiger partial charge is 0.479 e. The zero-order valence-corrected chi connectivity index (χ0v) is 24.7. The van der Waals surface area contributed by atoms with E-state index in [2.05, 4.69) is 9.88 Å². The van der Waals surface area contributed by atoms with E-state index in [1.54, 1.807) is 17.3 Å². The van der Waals surface area contributed by atoms with Crippen LogP contribution in [0.2, 0.25) is 0 Å². The van der Waals surface area contributed by atoms with Crippen molar-refractivity contribution in [3.05, 3.63) is 76.6 Å². The Hall–Kier alpha value is -4.25. The molecular formula is C32H36FN5O5. The molecule has 2 aromatic carbocycles. The average molecular weight is 590 g/mol. The van der Waals surface area contributed by atoms with Crippen molar-refractivity contribution in [1.29, 1.82) is 0 Å². The number of aryl methyl sites for hydroxylation is 1. The number of halogens is 1. The molecule has 3 aromatic rings. The predicted octanol–water partition coefficient (Wildman–Crippen LogP) is 4.47. The summed E-state index contributed by atoms with van der Waals surface area (Å²) in [5.74, 6) is -2.23. The van der Waals surface area contributed by atoms with Crippen LogP contribution in [0.15, 0.2) is 42.7 Å². The van der Waals surface area contributed by atoms with E-state index in [1.165, 1.54) is 11.0 Å². The van der Waals surface area contributed by atoms with Crippen LogP contribution in [-0.2, 0) is 35.6 Å². The Bertz CT molecular complexity index is 1570. The summed E-state index contributed by atoms with van der Waals surface area (Å²) >= 11 is 0. The number of piperazine rings is 1. The molecule has 0 radical (unpaired) electrons. The van der Waals surface area contributed by atoms with Gasteiger partial charge in [-0.15, -0.1) is 0 Å². The molecule has 1 N–H and O–H groups in total. The van der Waals surface area contributed by atoms with Crippen LogP contribution in [0.25, 0.3) is 11.1 Å². The van der Waals surface area contributed by atoms with Crippen molar-refractivity contribution in [2.45, 2.75) is 64.9 Å². The summed E-state index contributed by atoms with van der Waals surface area (Å²) < 4.78 is 22.8. The maximum Gasteiger partial charge on any atom is 0.410 e. The minimum Gasteiger partial charge on any atom is -0.479 e. The van der Waals surface area contributed by atoms with Gasteiger partial charge in [-0.25, -0.2) is 19.0 Å². The molecule has 1 fully saturated rings. The number of rotatable bonds is 6. The summed E-state index contributed by atoms with van der Waals surface area (Å²) in [6.07, 6.45) is 2.93. The first-order chi connectivity index (χ1) is 20.5. The van der Waals surface area contributed by atoms with Gasteiger partial charge in [0, 0.05) is 56.1 Å². The van der Waals surface area contributed by atoms with E-state index >= 15 is 4.39 Å². The number of aromatic nitrogens is 2. The van der Waals surface area contributed by atoms with Gasteiger partial charge in [0.25, 0.3) is 5.91 Å². The van der Waals surface area contributed by atoms with Crippen LogP contribution < -0.4 is 0 Å². The van der Waals surface area contributed by atoms with Crippen LogP contribution >= 0.6 is 0 Å². The summed E-state index contributed by atoms with van der Waals surface area (Å²) in [6, 6.07) is 9.55. The minimum absolute atomic E-state index is 0.121. The lowest BCUT2D eigenvalue weighted by atomic mass is 9.99. The second-order valence-corrected chi connectivity index (χ2v) is 12.5. The molecule has 0 bridgehead atoms. The number of ether oxygens (including phenoxy) is 1. The fourth-order valence-corrected chi connectivity index (χ4v) is 6.17. The average Bonchev–Trinajstić information content (AvgIpc) is 3.66. The molecule has 6 rings (SSSR count). The van der Waals surface area contributed by atoms with Crippen molar-refractivity contribution in [2.75, 3.05) is 26.2 Å². The Balaban J connectivity index is 1.14. The predicted molar refractivity (Wildman–Crippen MR) is 156 cm³/mol. The van der Waals surface area contributed by atoms with Crippen LogP contribution in [0.1, 0.15) is 66.1 Å². The molecule has 1 saturated heterocycles. The van der Waals surface area contributed by atoms with E-state index in [-0.39, 0.29) is 23.8 Å². The zero-order chi connectivity index (χ0) is 30.5. The lowest BCUT2D eigenvalue weighted by Crippen LogP contribution is -2.49. The van der Waals surface area contributed by atoms with Crippen LogP contribution in [-0.4, -0.2) is 79.1 Å². The molecule has 0 aliphatic carbocycles. The lowest BCUT2D eigenvalue weighted by Gasteiger charge is -2.35. The maximum atomic E-state index is 15.4. The first-order valence-corrected chi connectivity index (χ1v) is 14.7. The molecule has 1 aromatic heterocycles. The van der Waals surface area contributed by atoms with Gasteiger partial charge in [0.15, 0.2) is 6.04 Å². The summed E-state index contributed by atoms with van der Waals surface area (Å²) in [7, 11) is 0. The summed E-state index contributed by atoms with van der Waals surface area (Å²) in [6.45, 7) is 9.58. The third-order valence-corrected chi connectivity index (χ3v) is 8.33. The van der Waals surface area contributed by atoms with Crippen LogP contribution in [0.4, 0.5) is 9.18 Å². The molecule has 43 heavy (non-hydrogen) atoms. The molecule has 3 aliphatic heterocycles. The number of fused-ring (bicyclic) bond motifs is 2. The third-order valence-electron chi connectivity index (χ3n) is 8.33.